The van der Waals surface area contributed by atoms with Crippen molar-refractivity contribution in [2.45, 2.75) is 6.54 Å². The Morgan fingerprint density at radius 2 is 1.91 bits per heavy atom. The van der Waals surface area contributed by atoms with E-state index >= 15 is 0 Å². The van der Waals surface area contributed by atoms with E-state index in [4.69, 9.17) is 5.10 Å². The summed E-state index contributed by atoms with van der Waals surface area (Å²) in [6.45, 7) is 0.292. The highest BCUT2D eigenvalue weighted by molar-refractivity contribution is 6.03. The Hall–Kier alpha value is -4.17. The number of hydrogen-bond donors (Lipinski definition) is 3. The highest BCUT2D eigenvalue weighted by Gasteiger charge is 2.18. The van der Waals surface area contributed by atoms with E-state index in [-0.39, 0.29) is 12.2 Å². The number of pyridine rings is 1. The Balaban J connectivity index is 1.65. The number of nitrogens with zero attached hydrogens (tertiary/aromatic N) is 4. The molecule has 0 aliphatic carbocycles. The zero-order valence-electron chi connectivity index (χ0n) is 17.4. The molecule has 160 valence electrons. The molecule has 0 aliphatic rings. The smallest absolute Gasteiger partial charge is 0.337 e. The molecule has 0 amide bonds. The highest BCUT2D eigenvalue weighted by Crippen LogP contribution is 2.33. The van der Waals surface area contributed by atoms with Crippen molar-refractivity contribution in [1.82, 2.24) is 19.7 Å². The highest BCUT2D eigenvalue weighted by atomic mass is 16.4. The first kappa shape index (κ1) is 19.8. The van der Waals surface area contributed by atoms with Gasteiger partial charge in [-0.25, -0.2) is 4.79 Å². The molecule has 0 aliphatic heterocycles. The first-order valence-electron chi connectivity index (χ1n) is 10.2. The number of carbonyl (C=O) groups is 1. The van der Waals surface area contributed by atoms with Gasteiger partial charge in [-0.3, -0.25) is 9.67 Å². The quantitative estimate of drug-likeness (QED) is 0.378. The summed E-state index contributed by atoms with van der Waals surface area (Å²) in [4.78, 5) is 21.1. The molecule has 0 spiro atoms. The van der Waals surface area contributed by atoms with E-state index in [0.29, 0.717) is 29.0 Å². The van der Waals surface area contributed by atoms with Crippen molar-refractivity contribution >= 4 is 39.3 Å². The number of aliphatic hydroxyl groups is 1. The number of fused-ring (bicyclic) bond motifs is 2. The molecule has 0 bridgehead atoms. The summed E-state index contributed by atoms with van der Waals surface area (Å²) < 4.78 is 1.77. The Morgan fingerprint density at radius 1 is 1.09 bits per heavy atom. The minimum absolute atomic E-state index is 0.0492. The number of para-hydroxylation sites is 1. The number of aromatic carboxylic acids is 1. The summed E-state index contributed by atoms with van der Waals surface area (Å²) in [6.07, 6.45) is 1.48. The van der Waals surface area contributed by atoms with Gasteiger partial charge < -0.3 is 20.1 Å². The number of aromatic nitrogens is 4. The minimum Gasteiger partial charge on any atom is -0.478 e. The Kier molecular flexibility index (Phi) is 4.84. The number of carboxylic acids is 1. The van der Waals surface area contributed by atoms with Gasteiger partial charge in [0.25, 0.3) is 0 Å². The number of hydrogen-bond acceptors (Lipinski definition) is 5. The predicted octanol–water partition coefficient (Wildman–Crippen LogP) is 4.04. The molecular weight excluding hydrogens is 406 g/mol. The first-order valence-corrected chi connectivity index (χ1v) is 10.2. The van der Waals surface area contributed by atoms with Crippen molar-refractivity contribution < 1.29 is 15.0 Å². The fourth-order valence-corrected chi connectivity index (χ4v) is 3.97. The second-order valence-electron chi connectivity index (χ2n) is 7.50. The van der Waals surface area contributed by atoms with Gasteiger partial charge in [0.2, 0.25) is 0 Å². The van der Waals surface area contributed by atoms with Crippen molar-refractivity contribution in [1.29, 1.82) is 0 Å². The van der Waals surface area contributed by atoms with Gasteiger partial charge in [-0.2, -0.15) is 5.10 Å². The molecule has 5 rings (SSSR count). The molecule has 32 heavy (non-hydrogen) atoms. The van der Waals surface area contributed by atoms with Crippen LogP contribution < -0.4 is 4.90 Å². The first-order chi connectivity index (χ1) is 15.6. The molecule has 8 heteroatoms. The number of rotatable bonds is 6. The minimum atomic E-state index is -1.02. The summed E-state index contributed by atoms with van der Waals surface area (Å²) in [5, 5.41) is 24.7. The largest absolute Gasteiger partial charge is 0.478 e. The monoisotopic (exact) mass is 427 g/mol. The topological polar surface area (TPSA) is 107 Å². The summed E-state index contributed by atoms with van der Waals surface area (Å²) in [6, 6.07) is 19.4. The van der Waals surface area contributed by atoms with Crippen LogP contribution >= 0.6 is 0 Å². The van der Waals surface area contributed by atoms with Gasteiger partial charge in [0, 0.05) is 30.0 Å². The van der Waals surface area contributed by atoms with Crippen LogP contribution in [0.25, 0.3) is 33.3 Å². The lowest BCUT2D eigenvalue weighted by Gasteiger charge is -2.19. The number of carboxylic acid groups (broad SMARTS) is 1. The van der Waals surface area contributed by atoms with Crippen LogP contribution in [0.5, 0.6) is 0 Å². The molecule has 2 aromatic carbocycles. The fourth-order valence-electron chi connectivity index (χ4n) is 3.97. The van der Waals surface area contributed by atoms with Gasteiger partial charge in [-0.15, -0.1) is 0 Å². The van der Waals surface area contributed by atoms with Gasteiger partial charge >= 0.3 is 5.97 Å². The summed E-state index contributed by atoms with van der Waals surface area (Å²) in [5.41, 5.74) is 5.45. The lowest BCUT2D eigenvalue weighted by molar-refractivity contribution is 0.0698. The van der Waals surface area contributed by atoms with E-state index in [1.54, 1.807) is 10.7 Å². The number of nitrogens with one attached hydrogen (secondary N) is 1. The number of H-pyrrole nitrogens is 1. The Labute approximate surface area is 183 Å². The molecular formula is C24H21N5O3. The summed E-state index contributed by atoms with van der Waals surface area (Å²) in [7, 11) is 2.00. The average Bonchev–Trinajstić information content (AvgIpc) is 3.40. The van der Waals surface area contributed by atoms with E-state index in [9.17, 15) is 15.0 Å². The molecule has 8 nitrogen and oxygen atoms in total. The standard InChI is InChI=1S/C24H21N5O3/c1-28(15-5-3-2-4-6-15)16-7-8-17-21(13-16)29(11-12-30)27-23(17)20-14-19-22(26-20)18(24(31)32)9-10-25-19/h2-10,13-14,26,30H,11-12H2,1H3,(H,31,32). The van der Waals surface area contributed by atoms with Crippen molar-refractivity contribution in [3.8, 4) is 11.4 Å². The van der Waals surface area contributed by atoms with Gasteiger partial charge in [-0.05, 0) is 42.5 Å². The number of aromatic amines is 1. The maximum absolute atomic E-state index is 11.6. The van der Waals surface area contributed by atoms with E-state index in [1.165, 1.54) is 12.3 Å². The van der Waals surface area contributed by atoms with Crippen LogP contribution in [-0.2, 0) is 6.54 Å². The van der Waals surface area contributed by atoms with Crippen molar-refractivity contribution in [2.75, 3.05) is 18.6 Å². The average molecular weight is 427 g/mol. The lowest BCUT2D eigenvalue weighted by Crippen LogP contribution is -2.09. The molecule has 3 N–H and O–H groups in total. The van der Waals surface area contributed by atoms with Crippen LogP contribution in [0.2, 0.25) is 0 Å². The van der Waals surface area contributed by atoms with Gasteiger partial charge in [0.15, 0.2) is 0 Å². The third-order valence-electron chi connectivity index (χ3n) is 5.58. The fraction of sp³-hybridized carbons (Fsp3) is 0.125. The number of benzene rings is 2. The molecule has 0 saturated heterocycles. The maximum Gasteiger partial charge on any atom is 0.337 e. The lowest BCUT2D eigenvalue weighted by atomic mass is 10.1. The van der Waals surface area contributed by atoms with Crippen LogP contribution in [-0.4, -0.2) is 49.6 Å². The van der Waals surface area contributed by atoms with Crippen LogP contribution in [0.1, 0.15) is 10.4 Å². The molecule has 0 saturated carbocycles. The summed E-state index contributed by atoms with van der Waals surface area (Å²) in [5.74, 6) is -1.02. The van der Waals surface area contributed by atoms with Crippen LogP contribution in [0.4, 0.5) is 11.4 Å². The van der Waals surface area contributed by atoms with E-state index in [1.807, 2.05) is 55.6 Å². The zero-order chi connectivity index (χ0) is 22.2. The summed E-state index contributed by atoms with van der Waals surface area (Å²) >= 11 is 0. The zero-order valence-corrected chi connectivity index (χ0v) is 17.4. The van der Waals surface area contributed by atoms with Crippen LogP contribution in [0.3, 0.4) is 0 Å². The Bertz CT molecular complexity index is 1440. The normalized spacial score (nSPS) is 11.3. The van der Waals surface area contributed by atoms with Crippen LogP contribution in [0, 0.1) is 0 Å². The van der Waals surface area contributed by atoms with Crippen LogP contribution in [0.15, 0.2) is 66.9 Å². The Morgan fingerprint density at radius 3 is 2.66 bits per heavy atom. The van der Waals surface area contributed by atoms with E-state index < -0.39 is 5.97 Å². The maximum atomic E-state index is 11.6. The van der Waals surface area contributed by atoms with Gasteiger partial charge in [-0.1, -0.05) is 18.2 Å². The molecule has 0 unspecified atom stereocenters. The van der Waals surface area contributed by atoms with Crippen molar-refractivity contribution in [3.63, 3.8) is 0 Å². The molecule has 0 fully saturated rings. The molecule has 3 aromatic heterocycles. The molecule has 0 radical (unpaired) electrons. The number of aliphatic hydroxyl groups excluding tert-OH is 1. The predicted molar refractivity (Wildman–Crippen MR) is 123 cm³/mol. The van der Waals surface area contributed by atoms with E-state index in [2.05, 4.69) is 14.9 Å². The second kappa shape index (κ2) is 7.82. The van der Waals surface area contributed by atoms with Crippen molar-refractivity contribution in [3.05, 3.63) is 72.4 Å². The van der Waals surface area contributed by atoms with E-state index in [0.717, 1.165) is 22.3 Å². The third-order valence-corrected chi connectivity index (χ3v) is 5.58. The van der Waals surface area contributed by atoms with Gasteiger partial charge in [0.1, 0.15) is 5.69 Å². The molecule has 3 heterocycles. The molecule has 5 aromatic rings. The van der Waals surface area contributed by atoms with Gasteiger partial charge in [0.05, 0.1) is 41.0 Å². The second-order valence-corrected chi connectivity index (χ2v) is 7.50. The molecule has 0 atom stereocenters. The third kappa shape index (κ3) is 3.27. The van der Waals surface area contributed by atoms with Crippen molar-refractivity contribution in [2.24, 2.45) is 0 Å². The SMILES string of the molecule is CN(c1ccccc1)c1ccc2c(-c3cc4nccc(C(=O)O)c4[nH]3)nn(CCO)c2c1. The number of anilines is 2.